The molecule has 0 fully saturated rings. The summed E-state index contributed by atoms with van der Waals surface area (Å²) < 4.78 is 34.1. The molecule has 0 saturated carbocycles. The average molecular weight is 515 g/mol. The van der Waals surface area contributed by atoms with Crippen molar-refractivity contribution in [2.45, 2.75) is 50.7 Å². The van der Waals surface area contributed by atoms with Gasteiger partial charge < -0.3 is 20.7 Å². The van der Waals surface area contributed by atoms with Gasteiger partial charge in [0, 0.05) is 17.7 Å². The normalized spacial score (nSPS) is 12.7. The zero-order chi connectivity index (χ0) is 26.7. The van der Waals surface area contributed by atoms with Crippen LogP contribution in [0.5, 0.6) is 5.88 Å². The number of benzene rings is 2. The summed E-state index contributed by atoms with van der Waals surface area (Å²) >= 11 is 0. The second-order valence-corrected chi connectivity index (χ2v) is 10.9. The monoisotopic (exact) mass is 514 g/mol. The Kier molecular flexibility index (Phi) is 7.97. The smallest absolute Gasteiger partial charge is 0.335 e. The van der Waals surface area contributed by atoms with Crippen LogP contribution in [0.15, 0.2) is 53.4 Å². The lowest BCUT2D eigenvalue weighted by atomic mass is 10.00. The molecule has 1 aromatic heterocycles. The van der Waals surface area contributed by atoms with Crippen molar-refractivity contribution in [3.8, 4) is 17.1 Å². The molecular formula is C25H30N4O6S. The molecule has 0 aliphatic carbocycles. The number of ether oxygens (including phenoxy) is 1. The number of rotatable bonds is 10. The van der Waals surface area contributed by atoms with Crippen LogP contribution in [-0.2, 0) is 10.0 Å². The summed E-state index contributed by atoms with van der Waals surface area (Å²) in [5.74, 6) is -1.41. The standard InChI is InChI=1S/C25H30N4O6S/c1-15-7-5-8-16(2)22(15)20-12-21(35-14-18(26)13-25(3,4)32)28-24(27-20)29-36(33,34)19-10-6-9-17(11-19)23(30)31/h5-12,18,32H,13-14,26H2,1-4H3,(H,30,31)(H,27,28,29)/t18-/m1/s1. The van der Waals surface area contributed by atoms with Crippen molar-refractivity contribution in [3.05, 3.63) is 65.2 Å². The van der Waals surface area contributed by atoms with E-state index in [-0.39, 0.29) is 35.3 Å². The van der Waals surface area contributed by atoms with Gasteiger partial charge in [-0.2, -0.15) is 4.98 Å². The molecule has 0 unspecified atom stereocenters. The number of carboxylic acids is 1. The molecule has 1 atom stereocenters. The first-order chi connectivity index (χ1) is 16.7. The molecule has 0 bridgehead atoms. The summed E-state index contributed by atoms with van der Waals surface area (Å²) in [6.45, 7) is 7.13. The van der Waals surface area contributed by atoms with Crippen LogP contribution in [0, 0.1) is 13.8 Å². The maximum Gasteiger partial charge on any atom is 0.335 e. The Bertz CT molecular complexity index is 1350. The number of aryl methyl sites for hydroxylation is 2. The predicted octanol–water partition coefficient (Wildman–Crippen LogP) is 3.13. The Balaban J connectivity index is 2.00. The SMILES string of the molecule is Cc1cccc(C)c1-c1cc(OC[C@H](N)CC(C)(C)O)nc(NS(=O)(=O)c2cccc(C(=O)O)c2)n1. The van der Waals surface area contributed by atoms with Crippen LogP contribution < -0.4 is 15.2 Å². The number of hydrogen-bond acceptors (Lipinski definition) is 8. The third-order valence-corrected chi connectivity index (χ3v) is 6.59. The summed E-state index contributed by atoms with van der Waals surface area (Å²) in [4.78, 5) is 19.6. The van der Waals surface area contributed by atoms with Crippen molar-refractivity contribution in [1.82, 2.24) is 9.97 Å². The number of aliphatic hydroxyl groups is 1. The number of nitrogens with two attached hydrogens (primary N) is 1. The molecule has 0 radical (unpaired) electrons. The van der Waals surface area contributed by atoms with E-state index in [9.17, 15) is 23.4 Å². The van der Waals surface area contributed by atoms with Gasteiger partial charge in [0.1, 0.15) is 6.61 Å². The van der Waals surface area contributed by atoms with E-state index in [1.807, 2.05) is 32.0 Å². The minimum Gasteiger partial charge on any atom is -0.478 e. The molecule has 192 valence electrons. The Hall–Kier alpha value is -3.54. The highest BCUT2D eigenvalue weighted by Crippen LogP contribution is 2.29. The van der Waals surface area contributed by atoms with E-state index in [0.717, 1.165) is 22.8 Å². The number of nitrogens with one attached hydrogen (secondary N) is 1. The Morgan fingerprint density at radius 2 is 1.75 bits per heavy atom. The molecule has 3 aromatic rings. The number of nitrogens with zero attached hydrogens (tertiary/aromatic N) is 2. The number of carbonyl (C=O) groups is 1. The number of carboxylic acid groups (broad SMARTS) is 1. The van der Waals surface area contributed by atoms with Gasteiger partial charge in [-0.15, -0.1) is 0 Å². The maximum absolute atomic E-state index is 13.0. The topological polar surface area (TPSA) is 165 Å². The van der Waals surface area contributed by atoms with Crippen LogP contribution >= 0.6 is 0 Å². The van der Waals surface area contributed by atoms with E-state index in [0.29, 0.717) is 5.69 Å². The molecule has 0 aliphatic rings. The largest absolute Gasteiger partial charge is 0.478 e. The first-order valence-corrected chi connectivity index (χ1v) is 12.7. The predicted molar refractivity (Wildman–Crippen MR) is 136 cm³/mol. The van der Waals surface area contributed by atoms with Crippen LogP contribution in [0.25, 0.3) is 11.3 Å². The Labute approximate surface area is 210 Å². The lowest BCUT2D eigenvalue weighted by molar-refractivity contribution is 0.0570. The summed E-state index contributed by atoms with van der Waals surface area (Å²) in [7, 11) is -4.21. The summed E-state index contributed by atoms with van der Waals surface area (Å²) in [5.41, 5.74) is 7.98. The second kappa shape index (κ2) is 10.6. The van der Waals surface area contributed by atoms with Crippen molar-refractivity contribution in [1.29, 1.82) is 0 Å². The van der Waals surface area contributed by atoms with Crippen molar-refractivity contribution < 1.29 is 28.2 Å². The molecular weight excluding hydrogens is 484 g/mol. The van der Waals surface area contributed by atoms with Gasteiger partial charge in [0.05, 0.1) is 21.8 Å². The van der Waals surface area contributed by atoms with E-state index < -0.39 is 27.6 Å². The number of anilines is 1. The van der Waals surface area contributed by atoms with E-state index >= 15 is 0 Å². The van der Waals surface area contributed by atoms with Crippen molar-refractivity contribution in [2.24, 2.45) is 5.73 Å². The van der Waals surface area contributed by atoms with Gasteiger partial charge in [0.25, 0.3) is 10.0 Å². The minimum absolute atomic E-state index is 0.0278. The Morgan fingerprint density at radius 3 is 2.36 bits per heavy atom. The number of hydrogen-bond donors (Lipinski definition) is 4. The Morgan fingerprint density at radius 1 is 1.11 bits per heavy atom. The van der Waals surface area contributed by atoms with Gasteiger partial charge in [0.15, 0.2) is 0 Å². The van der Waals surface area contributed by atoms with Gasteiger partial charge in [-0.05, 0) is 63.4 Å². The van der Waals surface area contributed by atoms with Gasteiger partial charge in [-0.3, -0.25) is 0 Å². The third kappa shape index (κ3) is 7.00. The molecule has 0 saturated heterocycles. The molecule has 5 N–H and O–H groups in total. The number of aromatic carboxylic acids is 1. The molecule has 11 heteroatoms. The quantitative estimate of drug-likeness (QED) is 0.318. The first kappa shape index (κ1) is 27.1. The van der Waals surface area contributed by atoms with E-state index in [1.165, 1.54) is 18.2 Å². The maximum atomic E-state index is 13.0. The van der Waals surface area contributed by atoms with E-state index in [4.69, 9.17) is 10.5 Å². The highest BCUT2D eigenvalue weighted by Gasteiger charge is 2.21. The van der Waals surface area contributed by atoms with Crippen molar-refractivity contribution in [3.63, 3.8) is 0 Å². The third-order valence-electron chi connectivity index (χ3n) is 5.26. The second-order valence-electron chi connectivity index (χ2n) is 9.21. The zero-order valence-corrected chi connectivity index (χ0v) is 21.3. The summed E-state index contributed by atoms with van der Waals surface area (Å²) in [6, 6.07) is 11.8. The first-order valence-electron chi connectivity index (χ1n) is 11.2. The summed E-state index contributed by atoms with van der Waals surface area (Å²) in [5, 5.41) is 19.2. The van der Waals surface area contributed by atoms with Crippen LogP contribution in [-0.4, -0.2) is 52.8 Å². The highest BCUT2D eigenvalue weighted by molar-refractivity contribution is 7.92. The molecule has 10 nitrogen and oxygen atoms in total. The van der Waals surface area contributed by atoms with Gasteiger partial charge >= 0.3 is 5.97 Å². The highest BCUT2D eigenvalue weighted by atomic mass is 32.2. The number of aromatic nitrogens is 2. The fourth-order valence-corrected chi connectivity index (χ4v) is 4.75. The number of sulfonamides is 1. The molecule has 0 spiro atoms. The molecule has 0 aliphatic heterocycles. The van der Waals surface area contributed by atoms with Crippen LogP contribution in [0.4, 0.5) is 5.95 Å². The van der Waals surface area contributed by atoms with Crippen molar-refractivity contribution in [2.75, 3.05) is 11.3 Å². The van der Waals surface area contributed by atoms with E-state index in [1.54, 1.807) is 19.9 Å². The fourth-order valence-electron chi connectivity index (χ4n) is 3.76. The van der Waals surface area contributed by atoms with Crippen LogP contribution in [0.1, 0.15) is 41.8 Å². The minimum atomic E-state index is -4.21. The average Bonchev–Trinajstić information content (AvgIpc) is 2.76. The lowest BCUT2D eigenvalue weighted by Crippen LogP contribution is -2.36. The summed E-state index contributed by atoms with van der Waals surface area (Å²) in [6.07, 6.45) is 0.279. The van der Waals surface area contributed by atoms with Gasteiger partial charge in [-0.1, -0.05) is 24.3 Å². The molecule has 1 heterocycles. The fraction of sp³-hybridized carbons (Fsp3) is 0.320. The molecule has 0 amide bonds. The zero-order valence-electron chi connectivity index (χ0n) is 20.5. The lowest BCUT2D eigenvalue weighted by Gasteiger charge is -2.22. The van der Waals surface area contributed by atoms with Crippen LogP contribution in [0.3, 0.4) is 0 Å². The van der Waals surface area contributed by atoms with Gasteiger partial charge in [0.2, 0.25) is 11.8 Å². The molecule has 36 heavy (non-hydrogen) atoms. The van der Waals surface area contributed by atoms with E-state index in [2.05, 4.69) is 14.7 Å². The van der Waals surface area contributed by atoms with Crippen LogP contribution in [0.2, 0.25) is 0 Å². The van der Waals surface area contributed by atoms with Crippen molar-refractivity contribution >= 4 is 21.9 Å². The van der Waals surface area contributed by atoms with Gasteiger partial charge in [-0.25, -0.2) is 22.9 Å². The molecule has 3 rings (SSSR count). The molecule has 2 aromatic carbocycles.